The van der Waals surface area contributed by atoms with Gasteiger partial charge >= 0.3 is 0 Å². The Bertz CT molecular complexity index is 824. The topological polar surface area (TPSA) is 108 Å². The fourth-order valence-electron chi connectivity index (χ4n) is 6.75. The molecule has 2 N–H and O–H groups in total. The van der Waals surface area contributed by atoms with Gasteiger partial charge in [0.05, 0.1) is 39.9 Å². The van der Waals surface area contributed by atoms with E-state index in [2.05, 4.69) is 19.2 Å². The van der Waals surface area contributed by atoms with Crippen molar-refractivity contribution in [2.75, 3.05) is 40.9 Å². The number of aliphatic hydroxyl groups excluding tert-OH is 1. The maximum absolute atomic E-state index is 12.9. The van der Waals surface area contributed by atoms with Gasteiger partial charge in [0.25, 0.3) is 7.82 Å². The number of likely N-dealkylation sites (N-methyl/N-ethyl adjacent to an activating group) is 1. The number of nitrogens with one attached hydrogen (secondary N) is 1. The number of phosphoric acid groups is 1. The summed E-state index contributed by atoms with van der Waals surface area (Å²) < 4.78 is 23.3. The van der Waals surface area contributed by atoms with E-state index in [1.165, 1.54) is 154 Å². The minimum atomic E-state index is -4.55. The van der Waals surface area contributed by atoms with Crippen LogP contribution in [-0.2, 0) is 18.4 Å². The number of carbonyl (C=O) groups excluding carboxylic acids is 1. The molecule has 0 bridgehead atoms. The molecule has 0 saturated heterocycles. The summed E-state index contributed by atoms with van der Waals surface area (Å²) in [6.45, 7) is 4.74. The van der Waals surface area contributed by atoms with Crippen LogP contribution < -0.4 is 10.2 Å². The highest BCUT2D eigenvalue weighted by Gasteiger charge is 2.24. The maximum Gasteiger partial charge on any atom is 0.268 e. The number of hydrogen-bond donors (Lipinski definition) is 2. The molecule has 8 nitrogen and oxygen atoms in total. The summed E-state index contributed by atoms with van der Waals surface area (Å²) in [7, 11) is 1.32. The third kappa shape index (κ3) is 37.8. The molecule has 0 aromatic heterocycles. The molecule has 0 spiro atoms. The second-order valence-corrected chi connectivity index (χ2v) is 18.2. The summed E-state index contributed by atoms with van der Waals surface area (Å²) in [4.78, 5) is 25.3. The van der Waals surface area contributed by atoms with Crippen molar-refractivity contribution in [3.05, 3.63) is 0 Å². The first-order chi connectivity index (χ1) is 25.0. The van der Waals surface area contributed by atoms with Gasteiger partial charge in [0.15, 0.2) is 0 Å². The zero-order chi connectivity index (χ0) is 38.6. The number of hydrogen-bond acceptors (Lipinski definition) is 6. The Balaban J connectivity index is 4.34. The molecular formula is C43H89N2O6P. The highest BCUT2D eigenvalue weighted by molar-refractivity contribution is 7.45. The predicted molar refractivity (Wildman–Crippen MR) is 219 cm³/mol. The molecule has 0 aliphatic rings. The normalized spacial score (nSPS) is 14.4. The van der Waals surface area contributed by atoms with Gasteiger partial charge in [-0.25, -0.2) is 0 Å². The molecule has 1 amide bonds. The molecule has 3 atom stereocenters. The van der Waals surface area contributed by atoms with Crippen molar-refractivity contribution >= 4 is 13.7 Å². The van der Waals surface area contributed by atoms with Crippen molar-refractivity contribution < 1.29 is 32.9 Å². The summed E-state index contributed by atoms with van der Waals surface area (Å²) in [6, 6.07) is -0.792. The van der Waals surface area contributed by atoms with Crippen molar-refractivity contribution in [3.63, 3.8) is 0 Å². The molecule has 9 heteroatoms. The lowest BCUT2D eigenvalue weighted by Crippen LogP contribution is -2.46. The van der Waals surface area contributed by atoms with Gasteiger partial charge in [0, 0.05) is 6.42 Å². The van der Waals surface area contributed by atoms with E-state index in [1.54, 1.807) is 0 Å². The fraction of sp³-hybridized carbons (Fsp3) is 0.977. The van der Waals surface area contributed by atoms with E-state index in [-0.39, 0.29) is 19.1 Å². The van der Waals surface area contributed by atoms with Crippen molar-refractivity contribution in [2.45, 2.75) is 231 Å². The van der Waals surface area contributed by atoms with Gasteiger partial charge in [-0.2, -0.15) is 0 Å². The third-order valence-corrected chi connectivity index (χ3v) is 11.3. The molecule has 52 heavy (non-hydrogen) atoms. The van der Waals surface area contributed by atoms with Crippen molar-refractivity contribution in [2.24, 2.45) is 0 Å². The minimum Gasteiger partial charge on any atom is -0.756 e. The van der Waals surface area contributed by atoms with Crippen LogP contribution >= 0.6 is 7.82 Å². The summed E-state index contributed by atoms with van der Waals surface area (Å²) in [5, 5.41) is 13.9. The Hall–Kier alpha value is -0.500. The molecule has 0 aliphatic carbocycles. The van der Waals surface area contributed by atoms with Crippen LogP contribution in [0.1, 0.15) is 219 Å². The van der Waals surface area contributed by atoms with Crippen LogP contribution in [-0.4, -0.2) is 68.5 Å². The standard InChI is InChI=1S/C43H89N2O6P/c1-6-8-10-12-14-16-18-20-22-24-26-28-30-32-34-36-42(46)41(40-51-52(48,49)50-39-38-45(3,4)5)44-43(47)37-35-33-31-29-27-25-23-21-19-17-15-13-11-9-7-2/h41-42,46H,6-40H2,1-5H3,(H-,44,47,48,49)/t41-,42+/m0/s1. The molecule has 0 aliphatic heterocycles. The second-order valence-electron chi connectivity index (χ2n) is 16.8. The number of amides is 1. The predicted octanol–water partition coefficient (Wildman–Crippen LogP) is 11.6. The monoisotopic (exact) mass is 761 g/mol. The Morgan fingerprint density at radius 1 is 0.596 bits per heavy atom. The van der Waals surface area contributed by atoms with Crippen LogP contribution in [0.4, 0.5) is 0 Å². The summed E-state index contributed by atoms with van der Waals surface area (Å²) in [5.41, 5.74) is 0. The van der Waals surface area contributed by atoms with E-state index in [1.807, 2.05) is 21.1 Å². The Morgan fingerprint density at radius 3 is 1.31 bits per heavy atom. The number of nitrogens with zero attached hydrogens (tertiary/aromatic N) is 1. The van der Waals surface area contributed by atoms with E-state index in [9.17, 15) is 19.4 Å². The van der Waals surface area contributed by atoms with Gasteiger partial charge < -0.3 is 28.8 Å². The van der Waals surface area contributed by atoms with Crippen LogP contribution in [0.2, 0.25) is 0 Å². The molecule has 0 rings (SSSR count). The number of carbonyl (C=O) groups is 1. The first-order valence-corrected chi connectivity index (χ1v) is 23.8. The second kappa shape index (κ2) is 36.2. The van der Waals surface area contributed by atoms with Gasteiger partial charge in [-0.3, -0.25) is 9.36 Å². The van der Waals surface area contributed by atoms with Crippen LogP contribution in [0, 0.1) is 0 Å². The number of phosphoric ester groups is 1. The summed E-state index contributed by atoms with van der Waals surface area (Å²) in [5.74, 6) is -0.162. The third-order valence-electron chi connectivity index (χ3n) is 10.3. The molecule has 0 saturated carbocycles. The van der Waals surface area contributed by atoms with Gasteiger partial charge in [-0.1, -0.05) is 200 Å². The number of unbranched alkanes of at least 4 members (excludes halogenated alkanes) is 28. The van der Waals surface area contributed by atoms with E-state index >= 15 is 0 Å². The van der Waals surface area contributed by atoms with Gasteiger partial charge in [0.1, 0.15) is 13.2 Å². The van der Waals surface area contributed by atoms with E-state index in [0.29, 0.717) is 23.9 Å². The van der Waals surface area contributed by atoms with Crippen LogP contribution in [0.3, 0.4) is 0 Å². The fourth-order valence-corrected chi connectivity index (χ4v) is 7.47. The maximum atomic E-state index is 12.9. The lowest BCUT2D eigenvalue weighted by molar-refractivity contribution is -0.870. The highest BCUT2D eigenvalue weighted by Crippen LogP contribution is 2.38. The molecule has 1 unspecified atom stereocenters. The summed E-state index contributed by atoms with van der Waals surface area (Å²) >= 11 is 0. The van der Waals surface area contributed by atoms with Crippen LogP contribution in [0.5, 0.6) is 0 Å². The van der Waals surface area contributed by atoms with Gasteiger partial charge in [0.2, 0.25) is 5.91 Å². The molecule has 0 aromatic rings. The first-order valence-electron chi connectivity index (χ1n) is 22.4. The van der Waals surface area contributed by atoms with E-state index in [4.69, 9.17) is 9.05 Å². The number of quaternary nitrogens is 1. The Morgan fingerprint density at radius 2 is 0.942 bits per heavy atom. The lowest BCUT2D eigenvalue weighted by atomic mass is 10.0. The Kier molecular flexibility index (Phi) is 35.8. The van der Waals surface area contributed by atoms with E-state index in [0.717, 1.165) is 38.5 Å². The zero-order valence-corrected chi connectivity index (χ0v) is 36.2. The average molecular weight is 761 g/mol. The van der Waals surface area contributed by atoms with Crippen molar-refractivity contribution in [1.29, 1.82) is 0 Å². The number of aliphatic hydroxyl groups is 1. The molecule has 0 radical (unpaired) electrons. The largest absolute Gasteiger partial charge is 0.756 e. The Labute approximate surface area is 323 Å². The molecule has 0 heterocycles. The quantitative estimate of drug-likeness (QED) is 0.0365. The van der Waals surface area contributed by atoms with Crippen LogP contribution in [0.15, 0.2) is 0 Å². The van der Waals surface area contributed by atoms with Gasteiger partial charge in [-0.05, 0) is 12.8 Å². The molecular weight excluding hydrogens is 671 g/mol. The summed E-state index contributed by atoms with van der Waals surface area (Å²) in [6.07, 6.45) is 38.1. The van der Waals surface area contributed by atoms with E-state index < -0.39 is 20.0 Å². The van der Waals surface area contributed by atoms with Crippen molar-refractivity contribution in [3.8, 4) is 0 Å². The van der Waals surface area contributed by atoms with Gasteiger partial charge in [-0.15, -0.1) is 0 Å². The molecule has 312 valence electrons. The first kappa shape index (κ1) is 51.5. The van der Waals surface area contributed by atoms with Crippen LogP contribution in [0.25, 0.3) is 0 Å². The van der Waals surface area contributed by atoms with Crippen molar-refractivity contribution in [1.82, 2.24) is 5.32 Å². The molecule has 0 aromatic carbocycles. The number of rotatable bonds is 41. The molecule has 0 fully saturated rings. The average Bonchev–Trinajstić information content (AvgIpc) is 3.09. The minimum absolute atomic E-state index is 0.0160. The highest BCUT2D eigenvalue weighted by atomic mass is 31.2. The smallest absolute Gasteiger partial charge is 0.268 e. The zero-order valence-electron chi connectivity index (χ0n) is 35.3. The SMILES string of the molecule is CCCCCCCCCCCCCCCCCC(=O)N[C@@H](COP(=O)([O-])OCC[N+](C)(C)C)[C@H](O)CCCCCCCCCCCCCCCCC. The lowest BCUT2D eigenvalue weighted by Gasteiger charge is -2.30.